The normalized spacial score (nSPS) is 12.9. The number of amides is 1. The highest BCUT2D eigenvalue weighted by Gasteiger charge is 2.43. The van der Waals surface area contributed by atoms with Crippen LogP contribution in [-0.4, -0.2) is 29.2 Å². The number of rotatable bonds is 4. The van der Waals surface area contributed by atoms with E-state index in [0.29, 0.717) is 5.76 Å². The lowest BCUT2D eigenvalue weighted by atomic mass is 9.93. The van der Waals surface area contributed by atoms with Crippen molar-refractivity contribution >= 4 is 21.6 Å². The maximum absolute atomic E-state index is 12.7. The highest BCUT2D eigenvalue weighted by atomic mass is 32.2. The first-order valence-electron chi connectivity index (χ1n) is 7.39. The van der Waals surface area contributed by atoms with Crippen LogP contribution in [0.1, 0.15) is 40.4 Å². The Hall–Kier alpha value is -2.22. The molecule has 0 saturated heterocycles. The van der Waals surface area contributed by atoms with E-state index in [9.17, 15) is 13.2 Å². The number of aromatic nitrogens is 2. The van der Waals surface area contributed by atoms with Crippen LogP contribution in [-0.2, 0) is 20.0 Å². The van der Waals surface area contributed by atoms with E-state index < -0.39 is 20.5 Å². The molecule has 0 unspecified atom stereocenters. The zero-order valence-electron chi connectivity index (χ0n) is 14.3. The molecule has 0 atom stereocenters. The number of nitrogens with zero attached hydrogens (tertiary/aromatic N) is 2. The Balaban J connectivity index is 2.26. The molecular formula is C16H21N3O4S. The molecular weight excluding hydrogens is 330 g/mol. The fourth-order valence-electron chi connectivity index (χ4n) is 1.88. The van der Waals surface area contributed by atoms with Crippen molar-refractivity contribution in [2.75, 3.05) is 5.32 Å². The van der Waals surface area contributed by atoms with Gasteiger partial charge in [0.15, 0.2) is 15.7 Å². The Morgan fingerprint density at radius 2 is 1.88 bits per heavy atom. The van der Waals surface area contributed by atoms with Gasteiger partial charge in [0.1, 0.15) is 10.5 Å². The Bertz CT molecular complexity index is 834. The predicted octanol–water partition coefficient (Wildman–Crippen LogP) is 2.56. The summed E-state index contributed by atoms with van der Waals surface area (Å²) in [5.74, 6) is 0.0743. The lowest BCUT2D eigenvalue weighted by Gasteiger charge is -2.22. The van der Waals surface area contributed by atoms with Gasteiger partial charge in [0.05, 0.1) is 4.90 Å². The van der Waals surface area contributed by atoms with Crippen molar-refractivity contribution in [3.63, 3.8) is 0 Å². The number of nitrogens with one attached hydrogen (secondary N) is 1. The van der Waals surface area contributed by atoms with E-state index in [1.54, 1.807) is 6.07 Å². The smallest absolute Gasteiger partial charge is 0.246 e. The van der Waals surface area contributed by atoms with Crippen LogP contribution >= 0.6 is 0 Å². The number of carbonyl (C=O) groups is 1. The van der Waals surface area contributed by atoms with Gasteiger partial charge in [-0.2, -0.15) is 0 Å². The van der Waals surface area contributed by atoms with Crippen molar-refractivity contribution in [1.82, 2.24) is 10.1 Å². The zero-order chi connectivity index (χ0) is 18.2. The molecule has 1 N–H and O–H groups in total. The average Bonchev–Trinajstić information content (AvgIpc) is 2.96. The van der Waals surface area contributed by atoms with E-state index in [0.717, 1.165) is 0 Å². The minimum atomic E-state index is -3.91. The van der Waals surface area contributed by atoms with Crippen molar-refractivity contribution in [2.24, 2.45) is 0 Å². The number of anilines is 1. The molecule has 130 valence electrons. The number of hydrogen-bond acceptors (Lipinski definition) is 6. The van der Waals surface area contributed by atoms with Gasteiger partial charge in [-0.15, -0.1) is 0 Å². The fraction of sp³-hybridized carbons (Fsp3) is 0.438. The molecule has 2 aromatic heterocycles. The maximum atomic E-state index is 12.7. The van der Waals surface area contributed by atoms with E-state index >= 15 is 0 Å². The van der Waals surface area contributed by atoms with Gasteiger partial charge >= 0.3 is 0 Å². The maximum Gasteiger partial charge on any atom is 0.246 e. The molecule has 0 aliphatic heterocycles. The highest BCUT2D eigenvalue weighted by Crippen LogP contribution is 2.28. The largest absolute Gasteiger partial charge is 0.359 e. The van der Waals surface area contributed by atoms with Crippen LogP contribution in [0.4, 0.5) is 5.82 Å². The SMILES string of the molecule is CC(C)(C)c1cc(NC(=O)C(C)(C)S(=O)(=O)c2cccnc2)no1. The quantitative estimate of drug-likeness (QED) is 0.908. The molecule has 2 aromatic rings. The summed E-state index contributed by atoms with van der Waals surface area (Å²) in [6.07, 6.45) is 2.69. The molecule has 2 heterocycles. The lowest BCUT2D eigenvalue weighted by molar-refractivity contribution is -0.117. The van der Waals surface area contributed by atoms with Crippen LogP contribution < -0.4 is 5.32 Å². The van der Waals surface area contributed by atoms with Gasteiger partial charge in [0.2, 0.25) is 5.91 Å². The summed E-state index contributed by atoms with van der Waals surface area (Å²) in [4.78, 5) is 16.3. The third-order valence-corrected chi connectivity index (χ3v) is 6.05. The molecule has 8 heteroatoms. The third kappa shape index (κ3) is 3.33. The number of pyridine rings is 1. The summed E-state index contributed by atoms with van der Waals surface area (Å²) in [5.41, 5.74) is -0.271. The van der Waals surface area contributed by atoms with Gasteiger partial charge in [0.25, 0.3) is 0 Å². The number of sulfone groups is 1. The predicted molar refractivity (Wildman–Crippen MR) is 89.3 cm³/mol. The molecule has 0 aromatic carbocycles. The molecule has 1 amide bonds. The van der Waals surface area contributed by atoms with E-state index in [1.165, 1.54) is 38.4 Å². The molecule has 0 bridgehead atoms. The van der Waals surface area contributed by atoms with Crippen molar-refractivity contribution in [3.8, 4) is 0 Å². The average molecular weight is 351 g/mol. The van der Waals surface area contributed by atoms with Crippen LogP contribution in [0, 0.1) is 0 Å². The fourth-order valence-corrected chi connectivity index (χ4v) is 3.22. The first-order chi connectivity index (χ1) is 11.0. The molecule has 0 fully saturated rings. The minimum Gasteiger partial charge on any atom is -0.359 e. The van der Waals surface area contributed by atoms with Gasteiger partial charge in [0, 0.05) is 23.9 Å². The van der Waals surface area contributed by atoms with E-state index in [-0.39, 0.29) is 16.1 Å². The number of hydrogen-bond donors (Lipinski definition) is 1. The van der Waals surface area contributed by atoms with Gasteiger partial charge in [-0.3, -0.25) is 9.78 Å². The van der Waals surface area contributed by atoms with Gasteiger partial charge < -0.3 is 9.84 Å². The Morgan fingerprint density at radius 3 is 2.38 bits per heavy atom. The molecule has 0 aliphatic carbocycles. The van der Waals surface area contributed by atoms with Gasteiger partial charge in [-0.05, 0) is 26.0 Å². The Labute approximate surface area is 141 Å². The van der Waals surface area contributed by atoms with Crippen LogP contribution in [0.2, 0.25) is 0 Å². The molecule has 0 saturated carbocycles. The summed E-state index contributed by atoms with van der Waals surface area (Å²) < 4.78 is 28.9. The Morgan fingerprint density at radius 1 is 1.21 bits per heavy atom. The van der Waals surface area contributed by atoms with Crippen LogP contribution in [0.3, 0.4) is 0 Å². The first-order valence-corrected chi connectivity index (χ1v) is 8.88. The van der Waals surface area contributed by atoms with Gasteiger partial charge in [-0.25, -0.2) is 8.42 Å². The summed E-state index contributed by atoms with van der Waals surface area (Å²) in [6, 6.07) is 4.50. The molecule has 0 aliphatic rings. The van der Waals surface area contributed by atoms with Gasteiger partial charge in [-0.1, -0.05) is 25.9 Å². The summed E-state index contributed by atoms with van der Waals surface area (Å²) >= 11 is 0. The van der Waals surface area contributed by atoms with Crippen LogP contribution in [0.5, 0.6) is 0 Å². The molecule has 2 rings (SSSR count). The second-order valence-electron chi connectivity index (χ2n) is 6.98. The number of carbonyl (C=O) groups excluding carboxylic acids is 1. The lowest BCUT2D eigenvalue weighted by Crippen LogP contribution is -2.44. The zero-order valence-corrected chi connectivity index (χ0v) is 15.1. The summed E-state index contributed by atoms with van der Waals surface area (Å²) in [5, 5.41) is 6.28. The molecule has 0 radical (unpaired) electrons. The first kappa shape index (κ1) is 18.1. The monoisotopic (exact) mass is 351 g/mol. The van der Waals surface area contributed by atoms with Crippen molar-refractivity contribution in [3.05, 3.63) is 36.4 Å². The Kier molecular flexibility index (Phi) is 4.54. The molecule has 24 heavy (non-hydrogen) atoms. The summed E-state index contributed by atoms with van der Waals surface area (Å²) in [6.45, 7) is 8.51. The van der Waals surface area contributed by atoms with E-state index in [1.807, 2.05) is 20.8 Å². The van der Waals surface area contributed by atoms with Crippen LogP contribution in [0.15, 0.2) is 40.0 Å². The third-order valence-electron chi connectivity index (χ3n) is 3.65. The van der Waals surface area contributed by atoms with E-state index in [4.69, 9.17) is 4.52 Å². The second-order valence-corrected chi connectivity index (χ2v) is 9.48. The molecule has 7 nitrogen and oxygen atoms in total. The highest BCUT2D eigenvalue weighted by molar-refractivity contribution is 7.93. The second kappa shape index (κ2) is 6.01. The molecule has 0 spiro atoms. The van der Waals surface area contributed by atoms with Crippen molar-refractivity contribution in [1.29, 1.82) is 0 Å². The minimum absolute atomic E-state index is 0.0133. The topological polar surface area (TPSA) is 102 Å². The standard InChI is InChI=1S/C16H21N3O4S/c1-15(2,3)12-9-13(19-23-12)18-14(20)16(4,5)24(21,22)11-7-6-8-17-10-11/h6-10H,1-5H3,(H,18,19,20). The summed E-state index contributed by atoms with van der Waals surface area (Å²) in [7, 11) is -3.91. The van der Waals surface area contributed by atoms with Crippen LogP contribution in [0.25, 0.3) is 0 Å². The van der Waals surface area contributed by atoms with E-state index in [2.05, 4.69) is 15.5 Å². The van der Waals surface area contributed by atoms with Crippen molar-refractivity contribution < 1.29 is 17.7 Å². The van der Waals surface area contributed by atoms with Crippen molar-refractivity contribution in [2.45, 2.75) is 49.7 Å².